The van der Waals surface area contributed by atoms with E-state index in [1.807, 2.05) is 0 Å². The zero-order valence-corrected chi connectivity index (χ0v) is 9.11. The van der Waals surface area contributed by atoms with Crippen LogP contribution in [0.3, 0.4) is 0 Å². The number of carbonyl (C=O) groups is 2. The Labute approximate surface area is 94.0 Å². The van der Waals surface area contributed by atoms with E-state index in [0.717, 1.165) is 12.8 Å². The maximum absolute atomic E-state index is 11.3. The summed E-state index contributed by atoms with van der Waals surface area (Å²) in [5, 5.41) is 22.3. The van der Waals surface area contributed by atoms with Gasteiger partial charge in [-0.25, -0.2) is 9.59 Å². The molecule has 0 bridgehead atoms. The molecule has 0 aliphatic heterocycles. The number of hydrogen-bond acceptors (Lipinski definition) is 3. The van der Waals surface area contributed by atoms with Gasteiger partial charge in [-0.2, -0.15) is 0 Å². The fourth-order valence-electron chi connectivity index (χ4n) is 1.53. The van der Waals surface area contributed by atoms with Gasteiger partial charge in [-0.1, -0.05) is 6.42 Å². The minimum absolute atomic E-state index is 0.0200. The molecule has 2 amide bonds. The lowest BCUT2D eigenvalue weighted by Gasteiger charge is -2.25. The second kappa shape index (κ2) is 6.32. The summed E-state index contributed by atoms with van der Waals surface area (Å²) < 4.78 is 0. The second-order valence-electron chi connectivity index (χ2n) is 4.05. The molecule has 6 heteroatoms. The number of hydrogen-bond donors (Lipinski definition) is 4. The average molecular weight is 230 g/mol. The molecule has 0 saturated heterocycles. The predicted octanol–water partition coefficient (Wildman–Crippen LogP) is -0.0787. The maximum atomic E-state index is 11.3. The first-order chi connectivity index (χ1) is 7.63. The number of carboxylic acids is 1. The van der Waals surface area contributed by atoms with Crippen molar-refractivity contribution in [3.63, 3.8) is 0 Å². The lowest BCUT2D eigenvalue weighted by molar-refractivity contribution is -0.139. The highest BCUT2D eigenvalue weighted by Crippen LogP contribution is 2.24. The predicted molar refractivity (Wildman–Crippen MR) is 57.0 cm³/mol. The Bertz CT molecular complexity index is 253. The van der Waals surface area contributed by atoms with Gasteiger partial charge < -0.3 is 20.8 Å². The van der Waals surface area contributed by atoms with Crippen LogP contribution in [-0.4, -0.2) is 41.4 Å². The summed E-state index contributed by atoms with van der Waals surface area (Å²) in [6, 6.07) is -1.50. The third-order valence-electron chi connectivity index (χ3n) is 2.80. The monoisotopic (exact) mass is 230 g/mol. The number of nitrogens with one attached hydrogen (secondary N) is 2. The van der Waals surface area contributed by atoms with Crippen molar-refractivity contribution in [2.24, 2.45) is 5.92 Å². The van der Waals surface area contributed by atoms with E-state index in [2.05, 4.69) is 10.6 Å². The van der Waals surface area contributed by atoms with Gasteiger partial charge in [0.15, 0.2) is 0 Å². The van der Waals surface area contributed by atoms with Crippen LogP contribution in [0.25, 0.3) is 0 Å². The Balaban J connectivity index is 2.21. The first-order valence-corrected chi connectivity index (χ1v) is 5.51. The van der Waals surface area contributed by atoms with Crippen LogP contribution in [0.1, 0.15) is 25.7 Å². The van der Waals surface area contributed by atoms with Crippen LogP contribution in [0.2, 0.25) is 0 Å². The minimum atomic E-state index is -1.13. The largest absolute Gasteiger partial charge is 0.480 e. The summed E-state index contributed by atoms with van der Waals surface area (Å²) in [4.78, 5) is 22.0. The lowest BCUT2D eigenvalue weighted by Crippen LogP contribution is -2.47. The molecule has 1 atom stereocenters. The van der Waals surface area contributed by atoms with Crippen molar-refractivity contribution in [3.05, 3.63) is 0 Å². The number of rotatable bonds is 6. The van der Waals surface area contributed by atoms with Gasteiger partial charge in [-0.3, -0.25) is 0 Å². The van der Waals surface area contributed by atoms with E-state index in [9.17, 15) is 9.59 Å². The van der Waals surface area contributed by atoms with Gasteiger partial charge in [-0.05, 0) is 18.8 Å². The van der Waals surface area contributed by atoms with Crippen molar-refractivity contribution in [1.29, 1.82) is 0 Å². The van der Waals surface area contributed by atoms with Crippen LogP contribution in [0.4, 0.5) is 4.79 Å². The van der Waals surface area contributed by atoms with E-state index in [0.29, 0.717) is 12.5 Å². The molecule has 0 spiro atoms. The van der Waals surface area contributed by atoms with Gasteiger partial charge in [0, 0.05) is 19.6 Å². The first-order valence-electron chi connectivity index (χ1n) is 5.51. The quantitative estimate of drug-likeness (QED) is 0.513. The van der Waals surface area contributed by atoms with Crippen LogP contribution >= 0.6 is 0 Å². The molecule has 0 heterocycles. The topological polar surface area (TPSA) is 98.7 Å². The van der Waals surface area contributed by atoms with Crippen molar-refractivity contribution in [2.45, 2.75) is 31.7 Å². The molecule has 0 radical (unpaired) electrons. The van der Waals surface area contributed by atoms with E-state index in [-0.39, 0.29) is 13.0 Å². The smallest absolute Gasteiger partial charge is 0.326 e. The highest BCUT2D eigenvalue weighted by Gasteiger charge is 2.21. The van der Waals surface area contributed by atoms with Gasteiger partial charge in [0.2, 0.25) is 0 Å². The summed E-state index contributed by atoms with van der Waals surface area (Å²) in [5.74, 6) is -0.597. The van der Waals surface area contributed by atoms with Crippen LogP contribution < -0.4 is 10.6 Å². The van der Waals surface area contributed by atoms with Crippen LogP contribution in [0.15, 0.2) is 0 Å². The van der Waals surface area contributed by atoms with E-state index in [1.54, 1.807) is 0 Å². The first kappa shape index (κ1) is 12.8. The molecular weight excluding hydrogens is 212 g/mol. The third kappa shape index (κ3) is 4.06. The van der Waals surface area contributed by atoms with Gasteiger partial charge in [-0.15, -0.1) is 0 Å². The summed E-state index contributed by atoms with van der Waals surface area (Å²) >= 11 is 0. The average Bonchev–Trinajstić information content (AvgIpc) is 2.14. The molecule has 1 aliphatic carbocycles. The standard InChI is InChI=1S/C10H18N2O4/c13-5-4-8(9(14)15)12-10(16)11-6-7-2-1-3-7/h7-8,13H,1-6H2,(H,14,15)(H2,11,12,16). The molecule has 0 aromatic carbocycles. The normalized spacial score (nSPS) is 17.3. The van der Waals surface area contributed by atoms with E-state index in [1.165, 1.54) is 6.42 Å². The van der Waals surface area contributed by atoms with E-state index >= 15 is 0 Å². The zero-order chi connectivity index (χ0) is 12.0. The van der Waals surface area contributed by atoms with Crippen molar-refractivity contribution in [2.75, 3.05) is 13.2 Å². The molecule has 6 nitrogen and oxygen atoms in total. The molecule has 1 aliphatic rings. The highest BCUT2D eigenvalue weighted by atomic mass is 16.4. The molecule has 0 aromatic rings. The summed E-state index contributed by atoms with van der Waals surface area (Å²) in [5.41, 5.74) is 0. The Morgan fingerprint density at radius 1 is 1.38 bits per heavy atom. The van der Waals surface area contributed by atoms with Crippen LogP contribution in [0.5, 0.6) is 0 Å². The zero-order valence-electron chi connectivity index (χ0n) is 9.11. The number of carbonyl (C=O) groups excluding carboxylic acids is 1. The number of amides is 2. The van der Waals surface area contributed by atoms with Gasteiger partial charge in [0.1, 0.15) is 6.04 Å². The fraction of sp³-hybridized carbons (Fsp3) is 0.800. The SMILES string of the molecule is O=C(NCC1CCC1)NC(CCO)C(=O)O. The Kier molecular flexibility index (Phi) is 5.04. The summed E-state index contributed by atoms with van der Waals surface area (Å²) in [6.07, 6.45) is 3.47. The molecule has 16 heavy (non-hydrogen) atoms. The second-order valence-corrected chi connectivity index (χ2v) is 4.05. The Hall–Kier alpha value is -1.30. The van der Waals surface area contributed by atoms with Crippen molar-refractivity contribution in [1.82, 2.24) is 10.6 Å². The Morgan fingerprint density at radius 3 is 2.50 bits per heavy atom. The number of carboxylic acid groups (broad SMARTS) is 1. The van der Waals surface area contributed by atoms with E-state index < -0.39 is 18.0 Å². The van der Waals surface area contributed by atoms with Crippen LogP contribution in [-0.2, 0) is 4.79 Å². The molecule has 1 fully saturated rings. The van der Waals surface area contributed by atoms with Gasteiger partial charge in [0.25, 0.3) is 0 Å². The highest BCUT2D eigenvalue weighted by molar-refractivity contribution is 5.82. The van der Waals surface area contributed by atoms with Gasteiger partial charge in [0.05, 0.1) is 0 Å². The van der Waals surface area contributed by atoms with Gasteiger partial charge >= 0.3 is 12.0 Å². The molecule has 92 valence electrons. The maximum Gasteiger partial charge on any atom is 0.326 e. The minimum Gasteiger partial charge on any atom is -0.480 e. The molecule has 1 rings (SSSR count). The molecule has 4 N–H and O–H groups in total. The van der Waals surface area contributed by atoms with E-state index in [4.69, 9.17) is 10.2 Å². The fourth-order valence-corrected chi connectivity index (χ4v) is 1.53. The molecule has 1 unspecified atom stereocenters. The third-order valence-corrected chi connectivity index (χ3v) is 2.80. The van der Waals surface area contributed by atoms with Crippen molar-refractivity contribution < 1.29 is 19.8 Å². The number of aliphatic hydroxyl groups excluding tert-OH is 1. The summed E-state index contributed by atoms with van der Waals surface area (Å²) in [6.45, 7) is 0.331. The molecular formula is C10H18N2O4. The van der Waals surface area contributed by atoms with Crippen molar-refractivity contribution >= 4 is 12.0 Å². The van der Waals surface area contributed by atoms with Crippen molar-refractivity contribution in [3.8, 4) is 0 Å². The summed E-state index contributed by atoms with van der Waals surface area (Å²) in [7, 11) is 0. The number of aliphatic hydroxyl groups is 1. The molecule has 0 aromatic heterocycles. The number of urea groups is 1. The molecule has 1 saturated carbocycles. The Morgan fingerprint density at radius 2 is 2.06 bits per heavy atom. The number of aliphatic carboxylic acids is 1. The lowest BCUT2D eigenvalue weighted by atomic mass is 9.85. The van der Waals surface area contributed by atoms with Crippen LogP contribution in [0, 0.1) is 5.92 Å².